The third kappa shape index (κ3) is 4.42. The summed E-state index contributed by atoms with van der Waals surface area (Å²) in [6.07, 6.45) is 6.01. The van der Waals surface area contributed by atoms with Crippen LogP contribution in [0.15, 0.2) is 12.7 Å². The third-order valence-electron chi connectivity index (χ3n) is 10.8. The van der Waals surface area contributed by atoms with Crippen LogP contribution in [0.25, 0.3) is 0 Å². The fourth-order valence-corrected chi connectivity index (χ4v) is 9.27. The van der Waals surface area contributed by atoms with Gasteiger partial charge in [0.05, 0.1) is 18.0 Å². The Hall–Kier alpha value is -0.890. The number of ketones is 1. The maximum absolute atomic E-state index is 13.5. The van der Waals surface area contributed by atoms with Gasteiger partial charge in [-0.2, -0.15) is 0 Å². The Morgan fingerprint density at radius 3 is 2.60 bits per heavy atom. The van der Waals surface area contributed by atoms with Gasteiger partial charge in [-0.15, -0.1) is 18.3 Å². The van der Waals surface area contributed by atoms with Gasteiger partial charge in [0, 0.05) is 34.5 Å². The number of nitrogens with two attached hydrogens (primary N) is 1. The van der Waals surface area contributed by atoms with Crippen LogP contribution in [-0.4, -0.2) is 57.3 Å². The number of thioether (sulfide) groups is 1. The van der Waals surface area contributed by atoms with Crippen molar-refractivity contribution in [1.82, 2.24) is 0 Å². The lowest BCUT2D eigenvalue weighted by atomic mass is 9.44. The van der Waals surface area contributed by atoms with Gasteiger partial charge < -0.3 is 20.7 Å². The van der Waals surface area contributed by atoms with Crippen LogP contribution >= 0.6 is 11.8 Å². The molecule has 0 heterocycles. The molecule has 0 radical (unpaired) electrons. The zero-order valence-corrected chi connectivity index (χ0v) is 22.7. The van der Waals surface area contributed by atoms with Crippen LogP contribution in [-0.2, 0) is 14.3 Å². The van der Waals surface area contributed by atoms with Crippen molar-refractivity contribution in [2.75, 3.05) is 5.75 Å². The first-order chi connectivity index (χ1) is 16.4. The lowest BCUT2D eigenvalue weighted by Crippen LogP contribution is -2.63. The predicted molar refractivity (Wildman–Crippen MR) is 139 cm³/mol. The highest BCUT2D eigenvalue weighted by molar-refractivity contribution is 8.00. The molecule has 4 aliphatic carbocycles. The maximum atomic E-state index is 13.5. The second-order valence-corrected chi connectivity index (χ2v) is 13.8. The molecule has 4 N–H and O–H groups in total. The lowest BCUT2D eigenvalue weighted by molar-refractivity contribution is -0.205. The van der Waals surface area contributed by atoms with Gasteiger partial charge in [0.1, 0.15) is 11.9 Å². The fourth-order valence-electron chi connectivity index (χ4n) is 8.21. The van der Waals surface area contributed by atoms with Gasteiger partial charge in [-0.05, 0) is 62.2 Å². The van der Waals surface area contributed by atoms with Gasteiger partial charge in [-0.1, -0.05) is 33.8 Å². The summed E-state index contributed by atoms with van der Waals surface area (Å²) >= 11 is 1.45. The Morgan fingerprint density at radius 2 is 1.94 bits per heavy atom. The van der Waals surface area contributed by atoms with Gasteiger partial charge in [-0.3, -0.25) is 9.59 Å². The van der Waals surface area contributed by atoms with E-state index in [1.54, 1.807) is 0 Å². The number of rotatable bonds is 5. The number of esters is 1. The summed E-state index contributed by atoms with van der Waals surface area (Å²) in [5.41, 5.74) is 4.57. The smallest absolute Gasteiger partial charge is 0.316 e. The van der Waals surface area contributed by atoms with Crippen molar-refractivity contribution in [2.24, 2.45) is 39.7 Å². The first-order valence-electron chi connectivity index (χ1n) is 13.5. The molecule has 198 valence electrons. The fraction of sp³-hybridized carbons (Fsp3) is 0.857. The van der Waals surface area contributed by atoms with Gasteiger partial charge in [0.25, 0.3) is 0 Å². The predicted octanol–water partition coefficient (Wildman–Crippen LogP) is 3.87. The standard InChI is InChI=1S/C28H45NO5S/c1-6-26(4)14-22(34-23(32)15-35-21-8-7-18(29)13-20(21)31)27(5)16(2)9-11-28(17(3)25(26)33)12-10-19(30)24(27)28/h6,16-18,20-22,24-25,31,33H,1,7-15,29H2,2-5H3/t16?,17-,18+,20+,21+,22+,24-,25-,26+,27-,28-/m0/s1. The van der Waals surface area contributed by atoms with Crippen LogP contribution < -0.4 is 5.73 Å². The van der Waals surface area contributed by atoms with Crippen molar-refractivity contribution >= 4 is 23.5 Å². The summed E-state index contributed by atoms with van der Waals surface area (Å²) in [5, 5.41) is 22.0. The average Bonchev–Trinajstić information content (AvgIpc) is 3.17. The van der Waals surface area contributed by atoms with Crippen LogP contribution in [0.5, 0.6) is 0 Å². The molecule has 1 unspecified atom stereocenters. The Labute approximate surface area is 214 Å². The Bertz CT molecular complexity index is 851. The molecular formula is C28H45NO5S. The Balaban J connectivity index is 1.62. The zero-order chi connectivity index (χ0) is 25.8. The van der Waals surface area contributed by atoms with Crippen LogP contribution in [0.4, 0.5) is 0 Å². The summed E-state index contributed by atoms with van der Waals surface area (Å²) in [5.74, 6) is 0.0613. The minimum absolute atomic E-state index is 0.0194. The number of Topliss-reactive ketones (excluding diaryl/α,β-unsaturated/α-hetero) is 1. The van der Waals surface area contributed by atoms with E-state index in [0.717, 1.165) is 32.1 Å². The summed E-state index contributed by atoms with van der Waals surface area (Å²) in [6.45, 7) is 12.5. The van der Waals surface area contributed by atoms with Crippen LogP contribution in [0, 0.1) is 34.0 Å². The van der Waals surface area contributed by atoms with E-state index in [0.29, 0.717) is 19.3 Å². The molecule has 0 aromatic heterocycles. The van der Waals surface area contributed by atoms with Crippen molar-refractivity contribution in [1.29, 1.82) is 0 Å². The minimum atomic E-state index is -0.663. The van der Waals surface area contributed by atoms with E-state index in [1.807, 2.05) is 13.0 Å². The zero-order valence-electron chi connectivity index (χ0n) is 21.9. The first-order valence-corrected chi connectivity index (χ1v) is 14.5. The summed E-state index contributed by atoms with van der Waals surface area (Å²) in [7, 11) is 0. The topological polar surface area (TPSA) is 110 Å². The average molecular weight is 508 g/mol. The molecule has 0 amide bonds. The second-order valence-electron chi connectivity index (χ2n) is 12.6. The van der Waals surface area contributed by atoms with E-state index in [-0.39, 0.29) is 52.0 Å². The number of carbonyl (C=O) groups excluding carboxylic acids is 2. The third-order valence-corrected chi connectivity index (χ3v) is 12.2. The number of hydrogen-bond acceptors (Lipinski definition) is 7. The summed E-state index contributed by atoms with van der Waals surface area (Å²) in [4.78, 5) is 26.7. The Kier molecular flexibility index (Phi) is 7.58. The highest BCUT2D eigenvalue weighted by atomic mass is 32.2. The normalized spacial score (nSPS) is 50.1. The number of aliphatic hydroxyl groups excluding tert-OH is 2. The number of hydrogen-bond donors (Lipinski definition) is 3. The molecule has 7 heteroatoms. The van der Waals surface area contributed by atoms with E-state index in [4.69, 9.17) is 10.5 Å². The molecule has 0 spiro atoms. The highest BCUT2D eigenvalue weighted by Crippen LogP contribution is 2.68. The van der Waals surface area contributed by atoms with Crippen LogP contribution in [0.3, 0.4) is 0 Å². The molecule has 4 saturated carbocycles. The maximum Gasteiger partial charge on any atom is 0.316 e. The molecule has 6 nitrogen and oxygen atoms in total. The van der Waals surface area contributed by atoms with Gasteiger partial charge in [-0.25, -0.2) is 0 Å². The molecule has 0 aliphatic heterocycles. The SMILES string of the molecule is C=C[C@]1(C)C[C@@H](OC(=O)CS[C@@H]2CC[C@@H](N)C[C@H]2O)[C@]2(C)C(C)CC[C@]3(CCC(=O)[C@H]32)[C@@H](C)[C@@H]1O. The van der Waals surface area contributed by atoms with Crippen molar-refractivity contribution in [2.45, 2.75) is 109 Å². The molecule has 4 aliphatic rings. The first kappa shape index (κ1) is 27.2. The molecule has 35 heavy (non-hydrogen) atoms. The van der Waals surface area contributed by atoms with Gasteiger partial charge in [0.2, 0.25) is 0 Å². The molecule has 0 saturated heterocycles. The molecule has 4 fully saturated rings. The number of ether oxygens (including phenoxy) is 1. The molecule has 2 bridgehead atoms. The lowest BCUT2D eigenvalue weighted by Gasteiger charge is -2.61. The number of aliphatic hydroxyl groups is 2. The van der Waals surface area contributed by atoms with E-state index in [9.17, 15) is 19.8 Å². The van der Waals surface area contributed by atoms with E-state index >= 15 is 0 Å². The highest BCUT2D eigenvalue weighted by Gasteiger charge is 2.68. The minimum Gasteiger partial charge on any atom is -0.461 e. The van der Waals surface area contributed by atoms with Crippen molar-refractivity contribution in [3.63, 3.8) is 0 Å². The second kappa shape index (κ2) is 9.77. The molecule has 0 aromatic carbocycles. The van der Waals surface area contributed by atoms with Crippen LogP contribution in [0.1, 0.15) is 79.1 Å². The summed E-state index contributed by atoms with van der Waals surface area (Å²) in [6, 6.07) is 0.0195. The van der Waals surface area contributed by atoms with E-state index in [2.05, 4.69) is 27.4 Å². The number of carbonyl (C=O) groups is 2. The summed E-state index contributed by atoms with van der Waals surface area (Å²) < 4.78 is 6.29. The molecular weight excluding hydrogens is 462 g/mol. The van der Waals surface area contributed by atoms with Crippen molar-refractivity contribution < 1.29 is 24.5 Å². The Morgan fingerprint density at radius 1 is 1.23 bits per heavy atom. The quantitative estimate of drug-likeness (QED) is 0.383. The van der Waals surface area contributed by atoms with Gasteiger partial charge in [0.15, 0.2) is 0 Å². The van der Waals surface area contributed by atoms with E-state index < -0.39 is 29.1 Å². The molecule has 0 aromatic rings. The van der Waals surface area contributed by atoms with Crippen molar-refractivity contribution in [3.05, 3.63) is 12.7 Å². The van der Waals surface area contributed by atoms with Crippen LogP contribution in [0.2, 0.25) is 0 Å². The molecule has 4 rings (SSSR count). The van der Waals surface area contributed by atoms with E-state index in [1.165, 1.54) is 11.8 Å². The largest absolute Gasteiger partial charge is 0.461 e. The molecule has 11 atom stereocenters. The van der Waals surface area contributed by atoms with Crippen molar-refractivity contribution in [3.8, 4) is 0 Å². The monoisotopic (exact) mass is 507 g/mol. The van der Waals surface area contributed by atoms with Gasteiger partial charge >= 0.3 is 5.97 Å².